The lowest BCUT2D eigenvalue weighted by Gasteiger charge is -2.23. The molecule has 0 bridgehead atoms. The van der Waals surface area contributed by atoms with Gasteiger partial charge in [-0.05, 0) is 25.0 Å². The largest absolute Gasteiger partial charge is 0.361 e. The quantitative estimate of drug-likeness (QED) is 0.665. The topological polar surface area (TPSA) is 102 Å². The van der Waals surface area contributed by atoms with Crippen LogP contribution in [-0.4, -0.2) is 27.6 Å². The number of hydrogen-bond acceptors (Lipinski definition) is 5. The van der Waals surface area contributed by atoms with Gasteiger partial charge in [0.2, 0.25) is 0 Å². The molecule has 8 heteroatoms. The van der Waals surface area contributed by atoms with E-state index in [9.17, 15) is 14.9 Å². The molecule has 1 fully saturated rings. The zero-order valence-electron chi connectivity index (χ0n) is 14.1. The van der Waals surface area contributed by atoms with Crippen LogP contribution in [-0.2, 0) is 0 Å². The smallest absolute Gasteiger partial charge is 0.322 e. The van der Waals surface area contributed by atoms with E-state index in [1.807, 2.05) is 19.9 Å². The van der Waals surface area contributed by atoms with Gasteiger partial charge in [-0.3, -0.25) is 10.1 Å². The number of benzene rings is 1. The Morgan fingerprint density at radius 3 is 2.72 bits per heavy atom. The van der Waals surface area contributed by atoms with Crippen molar-refractivity contribution in [1.82, 2.24) is 10.1 Å². The highest BCUT2D eigenvalue weighted by Crippen LogP contribution is 2.33. The normalized spacial score (nSPS) is 17.1. The number of nitro groups is 1. The number of amides is 2. The molecule has 25 heavy (non-hydrogen) atoms. The van der Waals surface area contributed by atoms with Crippen LogP contribution in [0.3, 0.4) is 0 Å². The highest BCUT2D eigenvalue weighted by molar-refractivity contribution is 5.89. The average molecular weight is 344 g/mol. The summed E-state index contributed by atoms with van der Waals surface area (Å²) in [6, 6.07) is 7.32. The van der Waals surface area contributed by atoms with Crippen LogP contribution in [0.2, 0.25) is 0 Å². The van der Waals surface area contributed by atoms with E-state index >= 15 is 0 Å². The number of nitro benzene ring substituents is 1. The second-order valence-electron chi connectivity index (χ2n) is 6.39. The Bertz CT molecular complexity index is 769. The molecule has 8 nitrogen and oxygen atoms in total. The number of non-ortho nitro benzene ring substituents is 1. The van der Waals surface area contributed by atoms with Gasteiger partial charge in [0.25, 0.3) is 5.69 Å². The Balaban J connectivity index is 1.70. The van der Waals surface area contributed by atoms with Crippen LogP contribution in [0.5, 0.6) is 0 Å². The molecule has 1 aliphatic rings. The van der Waals surface area contributed by atoms with Crippen molar-refractivity contribution in [3.63, 3.8) is 0 Å². The van der Waals surface area contributed by atoms with Crippen molar-refractivity contribution in [2.75, 3.05) is 11.9 Å². The van der Waals surface area contributed by atoms with Crippen LogP contribution < -0.4 is 5.32 Å². The first-order chi connectivity index (χ1) is 12.0. The molecule has 0 saturated carbocycles. The number of likely N-dealkylation sites (tertiary alicyclic amines) is 1. The number of carbonyl (C=O) groups is 1. The maximum absolute atomic E-state index is 12.6. The second-order valence-corrected chi connectivity index (χ2v) is 6.39. The first-order valence-electron chi connectivity index (χ1n) is 8.24. The van der Waals surface area contributed by atoms with E-state index in [0.717, 1.165) is 24.3 Å². The molecule has 1 aromatic carbocycles. The minimum Gasteiger partial charge on any atom is -0.361 e. The molecule has 132 valence electrons. The lowest BCUT2D eigenvalue weighted by molar-refractivity contribution is -0.384. The average Bonchev–Trinajstić information content (AvgIpc) is 3.24. The summed E-state index contributed by atoms with van der Waals surface area (Å²) >= 11 is 0. The molecule has 2 amide bonds. The number of aromatic nitrogens is 1. The predicted molar refractivity (Wildman–Crippen MR) is 91.4 cm³/mol. The third-order valence-electron chi connectivity index (χ3n) is 4.30. The Morgan fingerprint density at radius 2 is 2.12 bits per heavy atom. The summed E-state index contributed by atoms with van der Waals surface area (Å²) in [5, 5.41) is 17.6. The molecule has 0 aliphatic carbocycles. The summed E-state index contributed by atoms with van der Waals surface area (Å²) in [5.74, 6) is 1.04. The van der Waals surface area contributed by atoms with Gasteiger partial charge in [0.15, 0.2) is 0 Å². The van der Waals surface area contributed by atoms with Gasteiger partial charge in [-0.2, -0.15) is 0 Å². The molecular weight excluding hydrogens is 324 g/mol. The second kappa shape index (κ2) is 6.92. The number of nitrogens with zero attached hydrogens (tertiary/aromatic N) is 3. The molecule has 1 N–H and O–H groups in total. The third-order valence-corrected chi connectivity index (χ3v) is 4.30. The third kappa shape index (κ3) is 3.62. The van der Waals surface area contributed by atoms with Gasteiger partial charge in [0.05, 0.1) is 11.0 Å². The van der Waals surface area contributed by atoms with Crippen LogP contribution in [0.4, 0.5) is 16.2 Å². The zero-order valence-corrected chi connectivity index (χ0v) is 14.1. The van der Waals surface area contributed by atoms with Gasteiger partial charge in [-0.1, -0.05) is 19.0 Å². The predicted octanol–water partition coefficient (Wildman–Crippen LogP) is 4.08. The fourth-order valence-electron chi connectivity index (χ4n) is 2.91. The number of carbonyl (C=O) groups excluding carboxylic acids is 1. The van der Waals surface area contributed by atoms with Gasteiger partial charge in [0.1, 0.15) is 11.5 Å². The van der Waals surface area contributed by atoms with Crippen molar-refractivity contribution >= 4 is 17.4 Å². The Morgan fingerprint density at radius 1 is 1.40 bits per heavy atom. The van der Waals surface area contributed by atoms with E-state index in [1.54, 1.807) is 4.90 Å². The SMILES string of the molecule is CC(C)c1cc(C2CCCN2C(=O)Nc2ccc([N+](=O)[O-])cc2)no1. The van der Waals surface area contributed by atoms with Crippen molar-refractivity contribution in [1.29, 1.82) is 0 Å². The maximum Gasteiger partial charge on any atom is 0.322 e. The van der Waals surface area contributed by atoms with E-state index < -0.39 is 4.92 Å². The van der Waals surface area contributed by atoms with Crippen LogP contribution in [0.25, 0.3) is 0 Å². The maximum atomic E-state index is 12.6. The summed E-state index contributed by atoms with van der Waals surface area (Å²) in [4.78, 5) is 24.5. The van der Waals surface area contributed by atoms with E-state index in [0.29, 0.717) is 12.2 Å². The molecule has 1 unspecified atom stereocenters. The minimum absolute atomic E-state index is 0.0131. The summed E-state index contributed by atoms with van der Waals surface area (Å²) in [7, 11) is 0. The Hall–Kier alpha value is -2.90. The van der Waals surface area contributed by atoms with E-state index in [4.69, 9.17) is 4.52 Å². The fraction of sp³-hybridized carbons (Fsp3) is 0.412. The van der Waals surface area contributed by atoms with Gasteiger partial charge in [-0.15, -0.1) is 0 Å². The minimum atomic E-state index is -0.473. The van der Waals surface area contributed by atoms with Crippen LogP contribution in [0, 0.1) is 10.1 Å². The van der Waals surface area contributed by atoms with Gasteiger partial charge in [0, 0.05) is 36.3 Å². The van der Waals surface area contributed by atoms with Crippen LogP contribution in [0.15, 0.2) is 34.9 Å². The first kappa shape index (κ1) is 16.9. The monoisotopic (exact) mass is 344 g/mol. The van der Waals surface area contributed by atoms with Crippen molar-refractivity contribution in [2.45, 2.75) is 38.6 Å². The number of nitrogens with one attached hydrogen (secondary N) is 1. The highest BCUT2D eigenvalue weighted by atomic mass is 16.6. The molecule has 1 aromatic heterocycles. The van der Waals surface area contributed by atoms with Gasteiger partial charge >= 0.3 is 6.03 Å². The lowest BCUT2D eigenvalue weighted by atomic mass is 10.1. The lowest BCUT2D eigenvalue weighted by Crippen LogP contribution is -2.34. The Kier molecular flexibility index (Phi) is 4.69. The van der Waals surface area contributed by atoms with Gasteiger partial charge in [-0.25, -0.2) is 4.79 Å². The first-order valence-corrected chi connectivity index (χ1v) is 8.24. The van der Waals surface area contributed by atoms with Crippen molar-refractivity contribution in [3.05, 3.63) is 51.9 Å². The van der Waals surface area contributed by atoms with E-state index in [2.05, 4.69) is 10.5 Å². The molecule has 2 heterocycles. The number of rotatable bonds is 4. The summed E-state index contributed by atoms with van der Waals surface area (Å²) in [6.07, 6.45) is 1.72. The summed E-state index contributed by atoms with van der Waals surface area (Å²) in [6.45, 7) is 4.68. The van der Waals surface area contributed by atoms with Crippen LogP contribution in [0.1, 0.15) is 50.1 Å². The molecule has 1 atom stereocenters. The highest BCUT2D eigenvalue weighted by Gasteiger charge is 2.32. The van der Waals surface area contributed by atoms with Gasteiger partial charge < -0.3 is 14.7 Å². The molecule has 1 saturated heterocycles. The number of hydrogen-bond donors (Lipinski definition) is 1. The van der Waals surface area contributed by atoms with Crippen molar-refractivity contribution in [3.8, 4) is 0 Å². The number of urea groups is 1. The summed E-state index contributed by atoms with van der Waals surface area (Å²) < 4.78 is 5.35. The zero-order chi connectivity index (χ0) is 18.0. The molecule has 0 spiro atoms. The Labute approximate surface area is 144 Å². The molecule has 3 rings (SSSR count). The summed E-state index contributed by atoms with van der Waals surface area (Å²) in [5.41, 5.74) is 1.27. The molecular formula is C17H20N4O4. The van der Waals surface area contributed by atoms with E-state index in [1.165, 1.54) is 24.3 Å². The van der Waals surface area contributed by atoms with E-state index in [-0.39, 0.29) is 23.7 Å². The fourth-order valence-corrected chi connectivity index (χ4v) is 2.91. The van der Waals surface area contributed by atoms with Crippen molar-refractivity contribution < 1.29 is 14.2 Å². The molecule has 2 aromatic rings. The molecule has 1 aliphatic heterocycles. The molecule has 0 radical (unpaired) electrons. The van der Waals surface area contributed by atoms with Crippen LogP contribution >= 0.6 is 0 Å². The standard InChI is InChI=1S/C17H20N4O4/c1-11(2)16-10-14(19-25-16)15-4-3-9-20(15)17(22)18-12-5-7-13(8-6-12)21(23)24/h5-8,10-11,15H,3-4,9H2,1-2H3,(H,18,22). The number of anilines is 1. The van der Waals surface area contributed by atoms with Crippen molar-refractivity contribution in [2.24, 2.45) is 0 Å².